The number of rotatable bonds is 4. The first-order chi connectivity index (χ1) is 10.2. The third-order valence-corrected chi connectivity index (χ3v) is 3.34. The van der Waals surface area contributed by atoms with Crippen LogP contribution in [0.15, 0.2) is 36.4 Å². The summed E-state index contributed by atoms with van der Waals surface area (Å²) in [6.07, 6.45) is 0.558. The van der Waals surface area contributed by atoms with Crippen LogP contribution in [-0.2, 0) is 13.0 Å². The van der Waals surface area contributed by atoms with Crippen molar-refractivity contribution in [2.24, 2.45) is 0 Å². The molecule has 0 fully saturated rings. The average molecular weight is 282 g/mol. The molecule has 0 atom stereocenters. The lowest BCUT2D eigenvalue weighted by Gasteiger charge is -2.06. The summed E-state index contributed by atoms with van der Waals surface area (Å²) in [5.74, 6) is -1.05. The molecule has 2 aromatic heterocycles. The minimum Gasteiger partial charge on any atom is -0.476 e. The second-order valence-corrected chi connectivity index (χ2v) is 4.70. The normalized spacial score (nSPS) is 10.9. The lowest BCUT2D eigenvalue weighted by Crippen LogP contribution is -2.09. The number of carbonyl (C=O) groups is 1. The van der Waals surface area contributed by atoms with Gasteiger partial charge in [0, 0.05) is 5.39 Å². The van der Waals surface area contributed by atoms with Gasteiger partial charge < -0.3 is 5.11 Å². The predicted octanol–water partition coefficient (Wildman–Crippen LogP) is 2.14. The summed E-state index contributed by atoms with van der Waals surface area (Å²) >= 11 is 0. The molecule has 106 valence electrons. The van der Waals surface area contributed by atoms with E-state index in [1.165, 1.54) is 0 Å². The van der Waals surface area contributed by atoms with Gasteiger partial charge in [0.1, 0.15) is 0 Å². The number of hydrogen-bond acceptors (Lipinski definition) is 4. The van der Waals surface area contributed by atoms with Crippen molar-refractivity contribution in [2.45, 2.75) is 19.9 Å². The molecule has 0 aliphatic heterocycles. The Kier molecular flexibility index (Phi) is 3.35. The van der Waals surface area contributed by atoms with Gasteiger partial charge in [0.25, 0.3) is 0 Å². The largest absolute Gasteiger partial charge is 0.476 e. The third-order valence-electron chi connectivity index (χ3n) is 3.34. The van der Waals surface area contributed by atoms with E-state index in [1.807, 2.05) is 43.3 Å². The van der Waals surface area contributed by atoms with Gasteiger partial charge in [-0.05, 0) is 18.6 Å². The van der Waals surface area contributed by atoms with Gasteiger partial charge in [0.15, 0.2) is 5.69 Å². The maximum absolute atomic E-state index is 11.1. The molecule has 0 bridgehead atoms. The lowest BCUT2D eigenvalue weighted by atomic mass is 10.2. The highest BCUT2D eigenvalue weighted by Crippen LogP contribution is 2.14. The molecule has 2 heterocycles. The van der Waals surface area contributed by atoms with Crippen molar-refractivity contribution >= 4 is 16.9 Å². The van der Waals surface area contributed by atoms with Crippen LogP contribution in [0.4, 0.5) is 0 Å². The lowest BCUT2D eigenvalue weighted by molar-refractivity contribution is 0.0689. The van der Waals surface area contributed by atoms with Crippen LogP contribution < -0.4 is 0 Å². The van der Waals surface area contributed by atoms with Gasteiger partial charge >= 0.3 is 5.97 Å². The van der Waals surface area contributed by atoms with Crippen molar-refractivity contribution in [1.82, 2.24) is 20.0 Å². The molecule has 3 rings (SSSR count). The van der Waals surface area contributed by atoms with Crippen LogP contribution in [0.25, 0.3) is 10.9 Å². The Hall–Kier alpha value is -2.76. The summed E-state index contributed by atoms with van der Waals surface area (Å²) in [6, 6.07) is 11.8. The van der Waals surface area contributed by atoms with E-state index in [-0.39, 0.29) is 5.69 Å². The number of hydrogen-bond donors (Lipinski definition) is 1. The molecule has 0 aliphatic carbocycles. The van der Waals surface area contributed by atoms with E-state index in [9.17, 15) is 4.79 Å². The second-order valence-electron chi connectivity index (χ2n) is 4.70. The zero-order valence-electron chi connectivity index (χ0n) is 11.5. The Bertz CT molecular complexity index is 810. The Balaban J connectivity index is 1.96. The molecule has 6 heteroatoms. The number of aromatic carboxylic acids is 1. The van der Waals surface area contributed by atoms with Crippen molar-refractivity contribution in [3.63, 3.8) is 0 Å². The van der Waals surface area contributed by atoms with Gasteiger partial charge in [0.2, 0.25) is 0 Å². The Morgan fingerprint density at radius 1 is 1.24 bits per heavy atom. The molecule has 0 amide bonds. The minimum absolute atomic E-state index is 0.0123. The monoisotopic (exact) mass is 282 g/mol. The van der Waals surface area contributed by atoms with E-state index >= 15 is 0 Å². The van der Waals surface area contributed by atoms with E-state index in [4.69, 9.17) is 5.11 Å². The molecule has 0 radical (unpaired) electrons. The fourth-order valence-corrected chi connectivity index (χ4v) is 2.33. The molecule has 6 nitrogen and oxygen atoms in total. The second kappa shape index (κ2) is 5.32. The van der Waals surface area contributed by atoms with Gasteiger partial charge in [0.05, 0.1) is 23.4 Å². The molecule has 21 heavy (non-hydrogen) atoms. The van der Waals surface area contributed by atoms with Crippen LogP contribution in [0, 0.1) is 0 Å². The van der Waals surface area contributed by atoms with E-state index < -0.39 is 5.97 Å². The summed E-state index contributed by atoms with van der Waals surface area (Å²) in [7, 11) is 0. The number of carboxylic acids is 1. The minimum atomic E-state index is -1.05. The average Bonchev–Trinajstić information content (AvgIpc) is 2.90. The summed E-state index contributed by atoms with van der Waals surface area (Å²) in [5.41, 5.74) is 2.35. The first kappa shape index (κ1) is 13.2. The summed E-state index contributed by atoms with van der Waals surface area (Å²) < 4.78 is 1.60. The number of para-hydroxylation sites is 1. The first-order valence-corrected chi connectivity index (χ1v) is 6.69. The molecule has 0 saturated heterocycles. The first-order valence-electron chi connectivity index (χ1n) is 6.69. The molecule has 0 aliphatic rings. The summed E-state index contributed by atoms with van der Waals surface area (Å²) in [5, 5.41) is 17.8. The highest BCUT2D eigenvalue weighted by molar-refractivity contribution is 5.86. The Morgan fingerprint density at radius 3 is 2.81 bits per heavy atom. The number of aromatic nitrogens is 4. The van der Waals surface area contributed by atoms with E-state index in [2.05, 4.69) is 15.3 Å². The molecule has 3 aromatic rings. The van der Waals surface area contributed by atoms with Gasteiger partial charge in [-0.25, -0.2) is 9.48 Å². The standard InChI is InChI=1S/C15H14N4O2/c1-2-13-14(15(20)21)17-18-19(13)9-11-8-7-10-5-3-4-6-12(10)16-11/h3-8H,2,9H2,1H3,(H,20,21). The van der Waals surface area contributed by atoms with Crippen molar-refractivity contribution in [1.29, 1.82) is 0 Å². The van der Waals surface area contributed by atoms with Crippen LogP contribution in [0.1, 0.15) is 28.8 Å². The maximum atomic E-state index is 11.1. The molecule has 1 N–H and O–H groups in total. The molecule has 0 spiro atoms. The summed E-state index contributed by atoms with van der Waals surface area (Å²) in [6.45, 7) is 2.30. The fourth-order valence-electron chi connectivity index (χ4n) is 2.33. The number of nitrogens with zero attached hydrogens (tertiary/aromatic N) is 4. The zero-order chi connectivity index (χ0) is 14.8. The maximum Gasteiger partial charge on any atom is 0.358 e. The SMILES string of the molecule is CCc1c(C(=O)O)nnn1Cc1ccc2ccccc2n1. The zero-order valence-corrected chi connectivity index (χ0v) is 11.5. The van der Waals surface area contributed by atoms with Crippen molar-refractivity contribution in [2.75, 3.05) is 0 Å². The van der Waals surface area contributed by atoms with E-state index in [0.29, 0.717) is 18.7 Å². The number of benzene rings is 1. The summed E-state index contributed by atoms with van der Waals surface area (Å²) in [4.78, 5) is 15.7. The molecule has 1 aromatic carbocycles. The van der Waals surface area contributed by atoms with Crippen molar-refractivity contribution in [3.8, 4) is 0 Å². The van der Waals surface area contributed by atoms with Gasteiger partial charge in [-0.1, -0.05) is 36.4 Å². The Labute approximate surface area is 121 Å². The van der Waals surface area contributed by atoms with E-state index in [0.717, 1.165) is 16.6 Å². The topological polar surface area (TPSA) is 80.9 Å². The van der Waals surface area contributed by atoms with Gasteiger partial charge in [-0.15, -0.1) is 5.10 Å². The van der Waals surface area contributed by atoms with Gasteiger partial charge in [-0.3, -0.25) is 4.98 Å². The van der Waals surface area contributed by atoms with Gasteiger partial charge in [-0.2, -0.15) is 0 Å². The number of pyridine rings is 1. The predicted molar refractivity (Wildman–Crippen MR) is 77.2 cm³/mol. The third kappa shape index (κ3) is 2.47. The smallest absolute Gasteiger partial charge is 0.358 e. The van der Waals surface area contributed by atoms with Crippen molar-refractivity contribution in [3.05, 3.63) is 53.5 Å². The van der Waals surface area contributed by atoms with Crippen LogP contribution in [0.3, 0.4) is 0 Å². The van der Waals surface area contributed by atoms with Crippen LogP contribution in [0.5, 0.6) is 0 Å². The fraction of sp³-hybridized carbons (Fsp3) is 0.200. The molecular formula is C15H14N4O2. The number of carboxylic acid groups (broad SMARTS) is 1. The quantitative estimate of drug-likeness (QED) is 0.792. The molecule has 0 saturated carbocycles. The number of fused-ring (bicyclic) bond motifs is 1. The molecular weight excluding hydrogens is 268 g/mol. The Morgan fingerprint density at radius 2 is 2.05 bits per heavy atom. The highest BCUT2D eigenvalue weighted by Gasteiger charge is 2.17. The van der Waals surface area contributed by atoms with Crippen molar-refractivity contribution < 1.29 is 9.90 Å². The van der Waals surface area contributed by atoms with Crippen LogP contribution in [0.2, 0.25) is 0 Å². The van der Waals surface area contributed by atoms with E-state index in [1.54, 1.807) is 4.68 Å². The molecule has 0 unspecified atom stereocenters. The van der Waals surface area contributed by atoms with Crippen LogP contribution >= 0.6 is 0 Å². The van der Waals surface area contributed by atoms with Crippen LogP contribution in [-0.4, -0.2) is 31.1 Å². The highest BCUT2D eigenvalue weighted by atomic mass is 16.4.